The Labute approximate surface area is 111 Å². The second kappa shape index (κ2) is 5.40. The van der Waals surface area contributed by atoms with Crippen molar-refractivity contribution in [3.8, 4) is 0 Å². The summed E-state index contributed by atoms with van der Waals surface area (Å²) in [6, 6.07) is 0.302. The zero-order valence-electron chi connectivity index (χ0n) is 10.9. The van der Waals surface area contributed by atoms with E-state index in [-0.39, 0.29) is 0 Å². The second-order valence-corrected chi connectivity index (χ2v) is 4.62. The van der Waals surface area contributed by atoms with Crippen LogP contribution in [0.4, 0.5) is 11.8 Å². The molecule has 2 aromatic heterocycles. The highest BCUT2D eigenvalue weighted by Crippen LogP contribution is 2.22. The minimum atomic E-state index is 0.302. The number of nitrogens with one attached hydrogen (secondary N) is 3. The number of rotatable bonds is 4. The van der Waals surface area contributed by atoms with E-state index in [9.17, 15) is 0 Å². The standard InChI is InChI=1S/C12H18N6O/c1-2-13-12-16-10(9-6-14-18-11(9)17-12)15-8-4-3-5-19-7-8/h6,8H,2-5,7H2,1H3,(H3,13,14,15,16,17,18). The van der Waals surface area contributed by atoms with Crippen LogP contribution < -0.4 is 10.6 Å². The highest BCUT2D eigenvalue weighted by atomic mass is 16.5. The maximum absolute atomic E-state index is 5.48. The van der Waals surface area contributed by atoms with E-state index in [1.165, 1.54) is 0 Å². The molecule has 2 aromatic rings. The van der Waals surface area contributed by atoms with Crippen molar-refractivity contribution < 1.29 is 4.74 Å². The van der Waals surface area contributed by atoms with E-state index in [0.717, 1.165) is 49.5 Å². The molecule has 0 saturated carbocycles. The molecule has 3 N–H and O–H groups in total. The van der Waals surface area contributed by atoms with Gasteiger partial charge in [-0.2, -0.15) is 15.1 Å². The number of ether oxygens (including phenoxy) is 1. The first-order valence-electron chi connectivity index (χ1n) is 6.66. The van der Waals surface area contributed by atoms with Gasteiger partial charge in [0, 0.05) is 13.2 Å². The molecule has 19 heavy (non-hydrogen) atoms. The zero-order chi connectivity index (χ0) is 13.1. The first-order chi connectivity index (χ1) is 9.36. The second-order valence-electron chi connectivity index (χ2n) is 4.62. The molecule has 0 aliphatic carbocycles. The van der Waals surface area contributed by atoms with Crippen LogP contribution in [0.3, 0.4) is 0 Å². The maximum Gasteiger partial charge on any atom is 0.226 e. The largest absolute Gasteiger partial charge is 0.379 e. The zero-order valence-corrected chi connectivity index (χ0v) is 10.9. The van der Waals surface area contributed by atoms with E-state index in [4.69, 9.17) is 4.74 Å². The van der Waals surface area contributed by atoms with Gasteiger partial charge >= 0.3 is 0 Å². The van der Waals surface area contributed by atoms with Crippen LogP contribution in [0.2, 0.25) is 0 Å². The summed E-state index contributed by atoms with van der Waals surface area (Å²) in [6.45, 7) is 4.37. The van der Waals surface area contributed by atoms with Crippen LogP contribution in [0.25, 0.3) is 11.0 Å². The lowest BCUT2D eigenvalue weighted by Crippen LogP contribution is -2.30. The van der Waals surface area contributed by atoms with E-state index >= 15 is 0 Å². The molecule has 0 radical (unpaired) electrons. The Morgan fingerprint density at radius 2 is 2.42 bits per heavy atom. The molecule has 0 amide bonds. The predicted octanol–water partition coefficient (Wildman–Crippen LogP) is 1.38. The van der Waals surface area contributed by atoms with Crippen LogP contribution in [0.15, 0.2) is 6.20 Å². The molecule has 1 aliphatic rings. The molecule has 0 bridgehead atoms. The summed E-state index contributed by atoms with van der Waals surface area (Å²) < 4.78 is 5.48. The van der Waals surface area contributed by atoms with E-state index < -0.39 is 0 Å². The average Bonchev–Trinajstić information content (AvgIpc) is 2.89. The molecule has 1 unspecified atom stereocenters. The van der Waals surface area contributed by atoms with Crippen molar-refractivity contribution in [2.45, 2.75) is 25.8 Å². The van der Waals surface area contributed by atoms with Crippen molar-refractivity contribution in [3.63, 3.8) is 0 Å². The molecule has 1 fully saturated rings. The van der Waals surface area contributed by atoms with Gasteiger partial charge in [0.2, 0.25) is 5.95 Å². The maximum atomic E-state index is 5.48. The molecule has 3 heterocycles. The summed E-state index contributed by atoms with van der Waals surface area (Å²) >= 11 is 0. The summed E-state index contributed by atoms with van der Waals surface area (Å²) in [4.78, 5) is 8.88. The van der Waals surface area contributed by atoms with Crippen molar-refractivity contribution >= 4 is 22.8 Å². The number of nitrogens with zero attached hydrogens (tertiary/aromatic N) is 3. The molecule has 0 spiro atoms. The lowest BCUT2D eigenvalue weighted by molar-refractivity contribution is 0.0875. The number of fused-ring (bicyclic) bond motifs is 1. The number of aromatic nitrogens is 4. The third kappa shape index (κ3) is 2.60. The van der Waals surface area contributed by atoms with Gasteiger partial charge in [0.05, 0.1) is 24.2 Å². The Morgan fingerprint density at radius 1 is 1.47 bits per heavy atom. The smallest absolute Gasteiger partial charge is 0.226 e. The SMILES string of the molecule is CCNc1nc(NC2CCCOC2)c2cn[nH]c2n1. The lowest BCUT2D eigenvalue weighted by atomic mass is 10.1. The molecule has 1 atom stereocenters. The quantitative estimate of drug-likeness (QED) is 0.771. The molecular weight excluding hydrogens is 244 g/mol. The van der Waals surface area contributed by atoms with Crippen LogP contribution in [0.5, 0.6) is 0 Å². The van der Waals surface area contributed by atoms with E-state index in [1.807, 2.05) is 6.92 Å². The van der Waals surface area contributed by atoms with Gasteiger partial charge in [-0.3, -0.25) is 5.10 Å². The van der Waals surface area contributed by atoms with Gasteiger partial charge in [0.1, 0.15) is 5.82 Å². The fourth-order valence-corrected chi connectivity index (χ4v) is 2.23. The Kier molecular flexibility index (Phi) is 3.45. The minimum absolute atomic E-state index is 0.302. The minimum Gasteiger partial charge on any atom is -0.379 e. The fraction of sp³-hybridized carbons (Fsp3) is 0.583. The van der Waals surface area contributed by atoms with Crippen LogP contribution in [-0.2, 0) is 4.74 Å². The highest BCUT2D eigenvalue weighted by molar-refractivity contribution is 5.87. The van der Waals surface area contributed by atoms with Crippen LogP contribution >= 0.6 is 0 Å². The monoisotopic (exact) mass is 262 g/mol. The van der Waals surface area contributed by atoms with Crippen molar-refractivity contribution in [3.05, 3.63) is 6.20 Å². The highest BCUT2D eigenvalue weighted by Gasteiger charge is 2.17. The summed E-state index contributed by atoms with van der Waals surface area (Å²) in [7, 11) is 0. The average molecular weight is 262 g/mol. The normalized spacial score (nSPS) is 19.5. The summed E-state index contributed by atoms with van der Waals surface area (Å²) in [6.07, 6.45) is 3.92. The fourth-order valence-electron chi connectivity index (χ4n) is 2.23. The van der Waals surface area contributed by atoms with E-state index in [1.54, 1.807) is 6.20 Å². The van der Waals surface area contributed by atoms with Gasteiger partial charge < -0.3 is 15.4 Å². The molecule has 3 rings (SSSR count). The van der Waals surface area contributed by atoms with E-state index in [2.05, 4.69) is 30.8 Å². The first-order valence-corrected chi connectivity index (χ1v) is 6.66. The molecule has 7 heteroatoms. The third-order valence-electron chi connectivity index (χ3n) is 3.15. The van der Waals surface area contributed by atoms with Crippen molar-refractivity contribution in [1.29, 1.82) is 0 Å². The molecule has 0 aromatic carbocycles. The van der Waals surface area contributed by atoms with Gasteiger partial charge in [-0.05, 0) is 19.8 Å². The Balaban J connectivity index is 1.88. The molecule has 7 nitrogen and oxygen atoms in total. The molecular formula is C12H18N6O. The van der Waals surface area contributed by atoms with Crippen LogP contribution in [0, 0.1) is 0 Å². The van der Waals surface area contributed by atoms with Crippen LogP contribution in [0.1, 0.15) is 19.8 Å². The number of H-pyrrole nitrogens is 1. The number of anilines is 2. The number of aromatic amines is 1. The van der Waals surface area contributed by atoms with Gasteiger partial charge in [-0.15, -0.1) is 0 Å². The van der Waals surface area contributed by atoms with Gasteiger partial charge in [-0.25, -0.2) is 0 Å². The summed E-state index contributed by atoms with van der Waals surface area (Å²) in [5.41, 5.74) is 0.741. The topological polar surface area (TPSA) is 87.8 Å². The van der Waals surface area contributed by atoms with E-state index in [0.29, 0.717) is 12.0 Å². The number of hydrogen-bond acceptors (Lipinski definition) is 6. The molecule has 102 valence electrons. The predicted molar refractivity (Wildman–Crippen MR) is 73.3 cm³/mol. The van der Waals surface area contributed by atoms with Crippen LogP contribution in [-0.4, -0.2) is 46.0 Å². The third-order valence-corrected chi connectivity index (χ3v) is 3.15. The van der Waals surface area contributed by atoms with Crippen molar-refractivity contribution in [1.82, 2.24) is 20.2 Å². The number of hydrogen-bond donors (Lipinski definition) is 3. The molecule has 1 aliphatic heterocycles. The Bertz CT molecular complexity index is 548. The molecule has 1 saturated heterocycles. The van der Waals surface area contributed by atoms with Gasteiger partial charge in [0.15, 0.2) is 5.65 Å². The summed E-state index contributed by atoms with van der Waals surface area (Å²) in [5, 5.41) is 14.4. The van der Waals surface area contributed by atoms with Crippen molar-refractivity contribution in [2.75, 3.05) is 30.4 Å². The Hall–Kier alpha value is -1.89. The van der Waals surface area contributed by atoms with Gasteiger partial charge in [-0.1, -0.05) is 0 Å². The van der Waals surface area contributed by atoms with Crippen molar-refractivity contribution in [2.24, 2.45) is 0 Å². The lowest BCUT2D eigenvalue weighted by Gasteiger charge is -2.23. The Morgan fingerprint density at radius 3 is 3.21 bits per heavy atom. The first kappa shape index (κ1) is 12.2. The summed E-state index contributed by atoms with van der Waals surface area (Å²) in [5.74, 6) is 1.42. The van der Waals surface area contributed by atoms with Gasteiger partial charge in [0.25, 0.3) is 0 Å².